The van der Waals surface area contributed by atoms with Crippen molar-refractivity contribution < 1.29 is 9.84 Å². The second-order valence-corrected chi connectivity index (χ2v) is 7.13. The van der Waals surface area contributed by atoms with Crippen LogP contribution in [0.4, 0.5) is 5.69 Å². The maximum atomic E-state index is 10.0. The Labute approximate surface area is 156 Å². The van der Waals surface area contributed by atoms with Gasteiger partial charge in [0.15, 0.2) is 5.96 Å². The van der Waals surface area contributed by atoms with Crippen molar-refractivity contribution in [2.45, 2.75) is 32.3 Å². The van der Waals surface area contributed by atoms with Crippen molar-refractivity contribution in [3.63, 3.8) is 0 Å². The quantitative estimate of drug-likeness (QED) is 0.621. The molecule has 2 unspecified atom stereocenters. The lowest BCUT2D eigenvalue weighted by Gasteiger charge is -2.38. The molecule has 3 rings (SSSR count). The summed E-state index contributed by atoms with van der Waals surface area (Å²) in [5, 5.41) is 13.4. The molecule has 1 aromatic carbocycles. The number of aliphatic hydroxyl groups excluding tert-OH is 1. The molecule has 26 heavy (non-hydrogen) atoms. The molecule has 1 saturated carbocycles. The van der Waals surface area contributed by atoms with Crippen LogP contribution in [0.25, 0.3) is 0 Å². The van der Waals surface area contributed by atoms with Gasteiger partial charge in [-0.3, -0.25) is 4.99 Å². The Morgan fingerprint density at radius 3 is 2.73 bits per heavy atom. The summed E-state index contributed by atoms with van der Waals surface area (Å²) in [6.07, 6.45) is 2.97. The molecule has 144 valence electrons. The molecule has 1 aliphatic heterocycles. The minimum absolute atomic E-state index is 0.175. The molecule has 2 atom stereocenters. The van der Waals surface area contributed by atoms with Crippen LogP contribution in [0.15, 0.2) is 29.3 Å². The lowest BCUT2D eigenvalue weighted by molar-refractivity contribution is 0.136. The number of ether oxygens (including phenoxy) is 1. The standard InChI is InChI=1S/C20H32N4O2/c1-3-21-20(22-15-16-6-4-9-19(16)25)24-12-10-23(11-13-24)17-7-5-8-18(14-17)26-2/h5,7-8,14,16,19,25H,3-4,6,9-13,15H2,1-2H3,(H,21,22). The number of nitrogens with one attached hydrogen (secondary N) is 1. The van der Waals surface area contributed by atoms with E-state index in [1.54, 1.807) is 7.11 Å². The van der Waals surface area contributed by atoms with Crippen LogP contribution in [0.2, 0.25) is 0 Å². The van der Waals surface area contributed by atoms with E-state index in [1.807, 2.05) is 12.1 Å². The van der Waals surface area contributed by atoms with Crippen LogP contribution in [0.3, 0.4) is 0 Å². The van der Waals surface area contributed by atoms with Crippen LogP contribution in [0, 0.1) is 5.92 Å². The Kier molecular flexibility index (Phi) is 6.61. The minimum Gasteiger partial charge on any atom is -0.497 e. The van der Waals surface area contributed by atoms with Crippen molar-refractivity contribution in [1.29, 1.82) is 0 Å². The zero-order valence-electron chi connectivity index (χ0n) is 16.0. The third-order valence-electron chi connectivity index (χ3n) is 5.43. The van der Waals surface area contributed by atoms with Crippen LogP contribution in [-0.4, -0.2) is 68.4 Å². The second-order valence-electron chi connectivity index (χ2n) is 7.13. The molecule has 0 radical (unpaired) electrons. The number of hydrogen-bond donors (Lipinski definition) is 2. The largest absolute Gasteiger partial charge is 0.497 e. The molecule has 2 fully saturated rings. The number of methoxy groups -OCH3 is 1. The number of anilines is 1. The summed E-state index contributed by atoms with van der Waals surface area (Å²) in [5.41, 5.74) is 1.21. The van der Waals surface area contributed by atoms with Crippen LogP contribution in [-0.2, 0) is 0 Å². The van der Waals surface area contributed by atoms with Crippen molar-refractivity contribution in [1.82, 2.24) is 10.2 Å². The molecule has 2 N–H and O–H groups in total. The van der Waals surface area contributed by atoms with E-state index in [2.05, 4.69) is 34.2 Å². The van der Waals surface area contributed by atoms with E-state index in [0.717, 1.165) is 70.2 Å². The second kappa shape index (κ2) is 9.12. The molecule has 1 aliphatic carbocycles. The normalized spacial score (nSPS) is 24.0. The number of hydrogen-bond acceptors (Lipinski definition) is 4. The van der Waals surface area contributed by atoms with Gasteiger partial charge in [0.1, 0.15) is 5.75 Å². The Hall–Kier alpha value is -1.95. The first-order chi connectivity index (χ1) is 12.7. The Bertz CT molecular complexity index is 599. The highest BCUT2D eigenvalue weighted by molar-refractivity contribution is 5.80. The Morgan fingerprint density at radius 1 is 1.27 bits per heavy atom. The zero-order chi connectivity index (χ0) is 18.4. The molecule has 6 heteroatoms. The van der Waals surface area contributed by atoms with E-state index in [4.69, 9.17) is 9.73 Å². The fourth-order valence-electron chi connectivity index (χ4n) is 3.84. The predicted molar refractivity (Wildman–Crippen MR) is 106 cm³/mol. The summed E-state index contributed by atoms with van der Waals surface area (Å²) < 4.78 is 5.34. The van der Waals surface area contributed by atoms with Crippen molar-refractivity contribution in [3.8, 4) is 5.75 Å². The van der Waals surface area contributed by atoms with Gasteiger partial charge in [-0.25, -0.2) is 0 Å². The highest BCUT2D eigenvalue weighted by atomic mass is 16.5. The third-order valence-corrected chi connectivity index (χ3v) is 5.43. The van der Waals surface area contributed by atoms with Crippen LogP contribution >= 0.6 is 0 Å². The van der Waals surface area contributed by atoms with Gasteiger partial charge in [-0.05, 0) is 31.9 Å². The first kappa shape index (κ1) is 18.8. The van der Waals surface area contributed by atoms with Crippen molar-refractivity contribution in [2.75, 3.05) is 51.3 Å². The summed E-state index contributed by atoms with van der Waals surface area (Å²) in [5.74, 6) is 2.20. The first-order valence-electron chi connectivity index (χ1n) is 9.81. The van der Waals surface area contributed by atoms with Gasteiger partial charge in [-0.1, -0.05) is 12.5 Å². The number of aliphatic hydroxyl groups is 1. The maximum Gasteiger partial charge on any atom is 0.194 e. The molecule has 6 nitrogen and oxygen atoms in total. The lowest BCUT2D eigenvalue weighted by Crippen LogP contribution is -2.52. The average Bonchev–Trinajstić information content (AvgIpc) is 3.10. The summed E-state index contributed by atoms with van der Waals surface area (Å²) in [6, 6.07) is 8.25. The zero-order valence-corrected chi connectivity index (χ0v) is 16.0. The van der Waals surface area contributed by atoms with Gasteiger partial charge in [0, 0.05) is 56.9 Å². The molecule has 0 aromatic heterocycles. The van der Waals surface area contributed by atoms with Crippen LogP contribution in [0.1, 0.15) is 26.2 Å². The Morgan fingerprint density at radius 2 is 2.08 bits per heavy atom. The fraction of sp³-hybridized carbons (Fsp3) is 0.650. The summed E-state index contributed by atoms with van der Waals surface area (Å²) in [4.78, 5) is 9.55. The van der Waals surface area contributed by atoms with E-state index >= 15 is 0 Å². The lowest BCUT2D eigenvalue weighted by atomic mass is 10.1. The highest BCUT2D eigenvalue weighted by Gasteiger charge is 2.26. The summed E-state index contributed by atoms with van der Waals surface area (Å²) in [6.45, 7) is 7.49. The Balaban J connectivity index is 1.58. The molecule has 1 saturated heterocycles. The molecular weight excluding hydrogens is 328 g/mol. The summed E-state index contributed by atoms with van der Waals surface area (Å²) in [7, 11) is 1.71. The number of benzene rings is 1. The highest BCUT2D eigenvalue weighted by Crippen LogP contribution is 2.26. The molecule has 0 bridgehead atoms. The first-order valence-corrected chi connectivity index (χ1v) is 9.81. The van der Waals surface area contributed by atoms with Crippen molar-refractivity contribution in [2.24, 2.45) is 10.9 Å². The summed E-state index contributed by atoms with van der Waals surface area (Å²) >= 11 is 0. The van der Waals surface area contributed by atoms with E-state index in [-0.39, 0.29) is 6.10 Å². The fourth-order valence-corrected chi connectivity index (χ4v) is 3.84. The van der Waals surface area contributed by atoms with Crippen molar-refractivity contribution in [3.05, 3.63) is 24.3 Å². The van der Waals surface area contributed by atoms with Crippen LogP contribution < -0.4 is 15.0 Å². The van der Waals surface area contributed by atoms with Crippen molar-refractivity contribution >= 4 is 11.6 Å². The molecule has 0 amide bonds. The number of aliphatic imine (C=N–C) groups is 1. The van der Waals surface area contributed by atoms with Gasteiger partial charge < -0.3 is 25.0 Å². The van der Waals surface area contributed by atoms with Crippen LogP contribution in [0.5, 0.6) is 5.75 Å². The molecule has 0 spiro atoms. The molecule has 2 aliphatic rings. The van der Waals surface area contributed by atoms with E-state index in [0.29, 0.717) is 5.92 Å². The number of rotatable bonds is 5. The predicted octanol–water partition coefficient (Wildman–Crippen LogP) is 1.94. The topological polar surface area (TPSA) is 60.3 Å². The van der Waals surface area contributed by atoms with Gasteiger partial charge in [0.25, 0.3) is 0 Å². The van der Waals surface area contributed by atoms with Gasteiger partial charge in [0.2, 0.25) is 0 Å². The SMILES string of the molecule is CCNC(=NCC1CCCC1O)N1CCN(c2cccc(OC)c2)CC1. The van der Waals surface area contributed by atoms with Gasteiger partial charge in [0.05, 0.1) is 13.2 Å². The van der Waals surface area contributed by atoms with Gasteiger partial charge in [-0.15, -0.1) is 0 Å². The number of nitrogens with zero attached hydrogens (tertiary/aromatic N) is 3. The monoisotopic (exact) mass is 360 g/mol. The minimum atomic E-state index is -0.175. The number of guanidine groups is 1. The molecule has 1 aromatic rings. The van der Waals surface area contributed by atoms with E-state index in [1.165, 1.54) is 5.69 Å². The van der Waals surface area contributed by atoms with E-state index < -0.39 is 0 Å². The third kappa shape index (κ3) is 4.61. The van der Waals surface area contributed by atoms with E-state index in [9.17, 15) is 5.11 Å². The molecular formula is C20H32N4O2. The number of piperazine rings is 1. The average molecular weight is 361 g/mol. The smallest absolute Gasteiger partial charge is 0.194 e. The van der Waals surface area contributed by atoms with Gasteiger partial charge in [-0.2, -0.15) is 0 Å². The maximum absolute atomic E-state index is 10.0. The molecule has 1 heterocycles. The van der Waals surface area contributed by atoms with Gasteiger partial charge >= 0.3 is 0 Å².